The Morgan fingerprint density at radius 2 is 2.29 bits per heavy atom. The van der Waals surface area contributed by atoms with Crippen molar-refractivity contribution in [1.82, 2.24) is 5.32 Å². The summed E-state index contributed by atoms with van der Waals surface area (Å²) in [5.41, 5.74) is 0.579. The molecule has 0 radical (unpaired) electrons. The number of thioether (sulfide) groups is 1. The van der Waals surface area contributed by atoms with E-state index in [0.717, 1.165) is 6.54 Å². The summed E-state index contributed by atoms with van der Waals surface area (Å²) in [4.78, 5) is 0. The minimum absolute atomic E-state index is 0.221. The van der Waals surface area contributed by atoms with E-state index in [9.17, 15) is 4.39 Å². The molecule has 2 rings (SSSR count). The first kappa shape index (κ1) is 13.2. The Kier molecular flexibility index (Phi) is 5.14. The second kappa shape index (κ2) is 6.62. The smallest absolute Gasteiger partial charge is 0.129 e. The third-order valence-corrected chi connectivity index (χ3v) is 4.76. The lowest BCUT2D eigenvalue weighted by atomic mass is 10.1. The summed E-state index contributed by atoms with van der Waals surface area (Å²) in [6.45, 7) is 1.46. The molecule has 1 aliphatic heterocycles. The van der Waals surface area contributed by atoms with Crippen molar-refractivity contribution in [3.63, 3.8) is 0 Å². The largest absolute Gasteiger partial charge is 0.311 e. The highest BCUT2D eigenvalue weighted by Gasteiger charge is 2.14. The van der Waals surface area contributed by atoms with Gasteiger partial charge >= 0.3 is 0 Å². The van der Waals surface area contributed by atoms with Crippen LogP contribution in [0.5, 0.6) is 0 Å². The van der Waals surface area contributed by atoms with Crippen LogP contribution in [0.1, 0.15) is 24.8 Å². The van der Waals surface area contributed by atoms with E-state index in [1.807, 2.05) is 11.8 Å². The molecule has 1 saturated heterocycles. The van der Waals surface area contributed by atoms with Crippen molar-refractivity contribution in [2.75, 3.05) is 12.3 Å². The molecule has 4 heteroatoms. The Hall–Kier alpha value is -0.250. The van der Waals surface area contributed by atoms with Gasteiger partial charge in [0.15, 0.2) is 0 Å². The Morgan fingerprint density at radius 1 is 1.41 bits per heavy atom. The molecule has 1 aromatic carbocycles. The van der Waals surface area contributed by atoms with Gasteiger partial charge in [-0.1, -0.05) is 24.1 Å². The van der Waals surface area contributed by atoms with Crippen LogP contribution in [0.2, 0.25) is 5.02 Å². The second-order valence-corrected chi connectivity index (χ2v) is 6.14. The fraction of sp³-hybridized carbons (Fsp3) is 0.538. The van der Waals surface area contributed by atoms with Crippen LogP contribution in [0.3, 0.4) is 0 Å². The first-order valence-corrected chi connectivity index (χ1v) is 7.45. The summed E-state index contributed by atoms with van der Waals surface area (Å²) in [6, 6.07) is 4.83. The Morgan fingerprint density at radius 3 is 3.00 bits per heavy atom. The molecule has 1 atom stereocenters. The lowest BCUT2D eigenvalue weighted by Gasteiger charge is -2.21. The number of rotatable bonds is 4. The molecule has 1 aliphatic rings. The van der Waals surface area contributed by atoms with Crippen molar-refractivity contribution in [3.8, 4) is 0 Å². The summed E-state index contributed by atoms with van der Waals surface area (Å²) >= 11 is 7.98. The maximum absolute atomic E-state index is 13.5. The average Bonchev–Trinajstić information content (AvgIpc) is 2.34. The molecule has 94 valence electrons. The Balaban J connectivity index is 1.81. The fourth-order valence-electron chi connectivity index (χ4n) is 2.03. The number of hydrogen-bond donors (Lipinski definition) is 1. The molecule has 0 aromatic heterocycles. The molecule has 0 bridgehead atoms. The maximum Gasteiger partial charge on any atom is 0.129 e. The highest BCUT2D eigenvalue weighted by Crippen LogP contribution is 2.24. The normalized spacial score (nSPS) is 20.5. The molecule has 0 spiro atoms. The lowest BCUT2D eigenvalue weighted by Crippen LogP contribution is -2.26. The quantitative estimate of drug-likeness (QED) is 0.894. The van der Waals surface area contributed by atoms with E-state index in [2.05, 4.69) is 5.32 Å². The molecule has 1 unspecified atom stereocenters. The third-order valence-electron chi connectivity index (χ3n) is 3.01. The van der Waals surface area contributed by atoms with Crippen molar-refractivity contribution in [2.24, 2.45) is 0 Å². The van der Waals surface area contributed by atoms with Gasteiger partial charge in [0.2, 0.25) is 0 Å². The maximum atomic E-state index is 13.5. The Labute approximate surface area is 111 Å². The zero-order valence-electron chi connectivity index (χ0n) is 9.72. The monoisotopic (exact) mass is 273 g/mol. The molecule has 1 fully saturated rings. The van der Waals surface area contributed by atoms with Gasteiger partial charge in [0.1, 0.15) is 5.82 Å². The SMILES string of the molecule is Fc1cccc(Cl)c1CNCC1CCCCS1. The summed E-state index contributed by atoms with van der Waals surface area (Å²) < 4.78 is 13.5. The van der Waals surface area contributed by atoms with Crippen LogP contribution in [0.4, 0.5) is 4.39 Å². The minimum atomic E-state index is -0.221. The molecular weight excluding hydrogens is 257 g/mol. The van der Waals surface area contributed by atoms with E-state index in [1.54, 1.807) is 12.1 Å². The van der Waals surface area contributed by atoms with E-state index in [0.29, 0.717) is 22.4 Å². The molecule has 1 heterocycles. The zero-order chi connectivity index (χ0) is 12.1. The molecule has 1 nitrogen and oxygen atoms in total. The van der Waals surface area contributed by atoms with Crippen molar-refractivity contribution in [2.45, 2.75) is 31.1 Å². The van der Waals surface area contributed by atoms with Crippen LogP contribution in [0.15, 0.2) is 18.2 Å². The molecule has 0 saturated carbocycles. The molecular formula is C13H17ClFNS. The van der Waals surface area contributed by atoms with Gasteiger partial charge in [-0.3, -0.25) is 0 Å². The summed E-state index contributed by atoms with van der Waals surface area (Å²) in [5, 5.41) is 4.49. The topological polar surface area (TPSA) is 12.0 Å². The molecule has 0 amide bonds. The van der Waals surface area contributed by atoms with Crippen LogP contribution in [-0.4, -0.2) is 17.5 Å². The van der Waals surface area contributed by atoms with Gasteiger partial charge in [0.05, 0.1) is 0 Å². The number of halogens is 2. The number of nitrogens with one attached hydrogen (secondary N) is 1. The molecule has 17 heavy (non-hydrogen) atoms. The van der Waals surface area contributed by atoms with Gasteiger partial charge < -0.3 is 5.32 Å². The summed E-state index contributed by atoms with van der Waals surface area (Å²) in [5.74, 6) is 1.04. The van der Waals surface area contributed by atoms with Crippen molar-refractivity contribution in [1.29, 1.82) is 0 Å². The van der Waals surface area contributed by atoms with Crippen molar-refractivity contribution >= 4 is 23.4 Å². The van der Waals surface area contributed by atoms with Crippen LogP contribution >= 0.6 is 23.4 Å². The van der Waals surface area contributed by atoms with Crippen LogP contribution in [0, 0.1) is 5.82 Å². The van der Waals surface area contributed by atoms with Gasteiger partial charge in [-0.15, -0.1) is 0 Å². The number of hydrogen-bond acceptors (Lipinski definition) is 2. The molecule has 1 N–H and O–H groups in total. The average molecular weight is 274 g/mol. The summed E-state index contributed by atoms with van der Waals surface area (Å²) in [7, 11) is 0. The standard InChI is InChI=1S/C13H17ClFNS/c14-12-5-3-6-13(15)11(12)9-16-8-10-4-1-2-7-17-10/h3,5-6,10,16H,1-2,4,7-9H2. The third kappa shape index (κ3) is 3.87. The second-order valence-electron chi connectivity index (χ2n) is 4.32. The van der Waals surface area contributed by atoms with Crippen LogP contribution in [0.25, 0.3) is 0 Å². The highest BCUT2D eigenvalue weighted by atomic mass is 35.5. The van der Waals surface area contributed by atoms with E-state index in [4.69, 9.17) is 11.6 Å². The first-order valence-electron chi connectivity index (χ1n) is 6.02. The van der Waals surface area contributed by atoms with Gasteiger partial charge in [0.25, 0.3) is 0 Å². The molecule has 1 aromatic rings. The summed E-state index contributed by atoms with van der Waals surface area (Å²) in [6.07, 6.45) is 3.92. The minimum Gasteiger partial charge on any atom is -0.311 e. The molecule has 0 aliphatic carbocycles. The number of benzene rings is 1. The predicted octanol–water partition coefficient (Wildman–Crippen LogP) is 3.85. The van der Waals surface area contributed by atoms with E-state index < -0.39 is 0 Å². The van der Waals surface area contributed by atoms with E-state index in [1.165, 1.54) is 31.1 Å². The highest BCUT2D eigenvalue weighted by molar-refractivity contribution is 7.99. The van der Waals surface area contributed by atoms with E-state index >= 15 is 0 Å². The van der Waals surface area contributed by atoms with Gasteiger partial charge in [0, 0.05) is 28.9 Å². The van der Waals surface area contributed by atoms with Gasteiger partial charge in [-0.25, -0.2) is 4.39 Å². The lowest BCUT2D eigenvalue weighted by molar-refractivity contribution is 0.568. The zero-order valence-corrected chi connectivity index (χ0v) is 11.3. The first-order chi connectivity index (χ1) is 8.27. The predicted molar refractivity (Wildman–Crippen MR) is 73.2 cm³/mol. The van der Waals surface area contributed by atoms with Gasteiger partial charge in [-0.05, 0) is 30.7 Å². The van der Waals surface area contributed by atoms with Crippen LogP contribution < -0.4 is 5.32 Å². The van der Waals surface area contributed by atoms with E-state index in [-0.39, 0.29) is 5.82 Å². The van der Waals surface area contributed by atoms with Gasteiger partial charge in [-0.2, -0.15) is 11.8 Å². The fourth-order valence-corrected chi connectivity index (χ4v) is 3.53. The van der Waals surface area contributed by atoms with Crippen molar-refractivity contribution < 1.29 is 4.39 Å². The Bertz CT molecular complexity index is 346. The van der Waals surface area contributed by atoms with Crippen LogP contribution in [-0.2, 0) is 6.54 Å². The van der Waals surface area contributed by atoms with Crippen molar-refractivity contribution in [3.05, 3.63) is 34.6 Å².